The average molecular weight is 1030 g/mol. The van der Waals surface area contributed by atoms with Crippen molar-refractivity contribution in [3.63, 3.8) is 0 Å². The van der Waals surface area contributed by atoms with Crippen LogP contribution >= 0.6 is 0 Å². The van der Waals surface area contributed by atoms with E-state index in [-0.39, 0.29) is 48.4 Å². The molecule has 3 fully saturated rings. The number of Topliss-reactive ketones (excluding diaryl/α,β-unsaturated/α-hetero) is 3. The minimum Gasteiger partial charge on any atom is -0.460 e. The lowest BCUT2D eigenvalue weighted by atomic mass is 9.78. The standard InChI is InChI=1S/C56H87NO16/c1-33-17-13-12-14-18-34(2)45(68-9)29-41-22-20-39(7)56(67,73-41)51(63)52(64)57-24-16-15-19-42(57)53(65)71-46(30-43(60)35(3)26-38(6)49(62)50(70-11)48(61)37(5)25-33)36(4)27-40-21-23-44(47(28-40)69-10)72-54(66)55(8,31-58)32-59/h12-14,17-18,26,33,36-42,44-47,49-50,58-59,62,67H,15-16,19-25,27-32H2,1-11H3/b14-12?,17-13?,34-18?,35-26+/t33?,36?,37?,38?,39-,40+,41?,42+,44-,45+,46+,47?,49-,50?,56-/m1/s1. The fourth-order valence-electron chi connectivity index (χ4n) is 10.7. The first-order valence-corrected chi connectivity index (χ1v) is 26.4. The number of nitrogens with zero attached hydrogens (tertiary/aromatic N) is 1. The van der Waals surface area contributed by atoms with Crippen LogP contribution < -0.4 is 0 Å². The maximum Gasteiger partial charge on any atom is 0.329 e. The molecule has 4 rings (SSSR count). The molecule has 2 bridgehead atoms. The number of hydrogen-bond donors (Lipinski definition) is 4. The van der Waals surface area contributed by atoms with Crippen LogP contribution in [0.3, 0.4) is 0 Å². The number of rotatable bonds is 10. The van der Waals surface area contributed by atoms with Crippen molar-refractivity contribution in [2.75, 3.05) is 41.1 Å². The highest BCUT2D eigenvalue weighted by Crippen LogP contribution is 2.38. The maximum absolute atomic E-state index is 14.5. The molecule has 2 saturated heterocycles. The third-order valence-electron chi connectivity index (χ3n) is 15.9. The van der Waals surface area contributed by atoms with Gasteiger partial charge in [-0.1, -0.05) is 71.1 Å². The minimum absolute atomic E-state index is 0.00428. The van der Waals surface area contributed by atoms with Crippen LogP contribution in [0.25, 0.3) is 0 Å². The quantitative estimate of drug-likeness (QED) is 0.151. The van der Waals surface area contributed by atoms with Gasteiger partial charge in [0.2, 0.25) is 5.79 Å². The number of carbonyl (C=O) groups excluding carboxylic acids is 6. The molecule has 15 atom stereocenters. The van der Waals surface area contributed by atoms with Crippen molar-refractivity contribution < 1.29 is 77.6 Å². The SMILES string of the molecule is COC1C(=O)C(C)CC(C)C=CC=CC=C(C)[C@@H](OC)CC2CC[C@@H](C)[C@@](O)(O2)C(=O)C(=O)N2CCCC[C@H]2C(=O)O[C@H](C(C)C[C@@H]2CC[C@@H](OC(=O)C(C)(CO)CO)C(OC)C2)CC(=O)/C(C)=C/C(C)[C@H]1O. The van der Waals surface area contributed by atoms with Gasteiger partial charge in [-0.3, -0.25) is 24.0 Å². The monoisotopic (exact) mass is 1030 g/mol. The van der Waals surface area contributed by atoms with Gasteiger partial charge >= 0.3 is 11.9 Å². The van der Waals surface area contributed by atoms with E-state index < -0.39 is 120 Å². The molecule has 0 aromatic heterocycles. The zero-order chi connectivity index (χ0) is 54.4. The molecule has 17 heteroatoms. The Morgan fingerprint density at radius 1 is 0.877 bits per heavy atom. The van der Waals surface area contributed by atoms with Crippen LogP contribution in [0.15, 0.2) is 47.6 Å². The zero-order valence-corrected chi connectivity index (χ0v) is 45.3. The van der Waals surface area contributed by atoms with Gasteiger partial charge in [-0.25, -0.2) is 4.79 Å². The van der Waals surface area contributed by atoms with Crippen LogP contribution in [0.5, 0.6) is 0 Å². The Hall–Kier alpha value is -3.94. The van der Waals surface area contributed by atoms with Crippen molar-refractivity contribution in [2.45, 2.75) is 187 Å². The van der Waals surface area contributed by atoms with Crippen LogP contribution in [-0.4, -0.2) is 156 Å². The number of methoxy groups -OCH3 is 3. The third-order valence-corrected chi connectivity index (χ3v) is 15.9. The summed E-state index contributed by atoms with van der Waals surface area (Å²) in [6.07, 6.45) is 9.81. The number of aliphatic hydroxyl groups is 4. The number of amides is 1. The molecule has 1 saturated carbocycles. The van der Waals surface area contributed by atoms with Crippen molar-refractivity contribution in [1.82, 2.24) is 4.90 Å². The van der Waals surface area contributed by atoms with E-state index in [9.17, 15) is 49.2 Å². The molecule has 0 radical (unpaired) electrons. The molecule has 73 heavy (non-hydrogen) atoms. The molecule has 7 unspecified atom stereocenters. The van der Waals surface area contributed by atoms with E-state index in [1.165, 1.54) is 21.1 Å². The maximum atomic E-state index is 14.5. The lowest BCUT2D eigenvalue weighted by Gasteiger charge is -2.42. The molecule has 0 spiro atoms. The van der Waals surface area contributed by atoms with E-state index in [4.69, 9.17) is 28.4 Å². The van der Waals surface area contributed by atoms with Crippen LogP contribution in [0.1, 0.15) is 132 Å². The Balaban J connectivity index is 1.69. The van der Waals surface area contributed by atoms with E-state index in [2.05, 4.69) is 0 Å². The fraction of sp³-hybridized carbons (Fsp3) is 0.750. The number of hydrogen-bond acceptors (Lipinski definition) is 16. The van der Waals surface area contributed by atoms with Gasteiger partial charge in [-0.2, -0.15) is 0 Å². The molecule has 1 aliphatic carbocycles. The number of cyclic esters (lactones) is 1. The van der Waals surface area contributed by atoms with Gasteiger partial charge in [0, 0.05) is 58.5 Å². The summed E-state index contributed by atoms with van der Waals surface area (Å²) in [4.78, 5) is 85.4. The normalized spacial score (nSPS) is 35.8. The largest absolute Gasteiger partial charge is 0.460 e. The lowest BCUT2D eigenvalue weighted by Crippen LogP contribution is -2.61. The molecule has 1 amide bonds. The molecular formula is C56H87NO16. The van der Waals surface area contributed by atoms with Gasteiger partial charge in [0.25, 0.3) is 11.7 Å². The molecule has 4 N–H and O–H groups in total. The Kier molecular flexibility index (Phi) is 23.9. The zero-order valence-electron chi connectivity index (χ0n) is 45.3. The summed E-state index contributed by atoms with van der Waals surface area (Å²) >= 11 is 0. The molecule has 3 aliphatic heterocycles. The minimum atomic E-state index is -2.47. The number of esters is 2. The Labute approximate surface area is 433 Å². The molecule has 17 nitrogen and oxygen atoms in total. The van der Waals surface area contributed by atoms with Gasteiger partial charge < -0.3 is 53.7 Å². The molecule has 4 aliphatic rings. The summed E-state index contributed by atoms with van der Waals surface area (Å²) in [5.74, 6) is -9.33. The highest BCUT2D eigenvalue weighted by molar-refractivity contribution is 6.39. The van der Waals surface area contributed by atoms with Crippen LogP contribution in [-0.2, 0) is 57.2 Å². The predicted octanol–water partition coefficient (Wildman–Crippen LogP) is 5.72. The highest BCUT2D eigenvalue weighted by atomic mass is 16.6. The van der Waals surface area contributed by atoms with E-state index in [0.717, 1.165) is 10.5 Å². The fourth-order valence-corrected chi connectivity index (χ4v) is 10.7. The summed E-state index contributed by atoms with van der Waals surface area (Å²) in [5, 5.41) is 43.1. The lowest BCUT2D eigenvalue weighted by molar-refractivity contribution is -0.265. The van der Waals surface area contributed by atoms with Gasteiger partial charge in [0.15, 0.2) is 11.6 Å². The topological polar surface area (TPSA) is 242 Å². The second-order valence-electron chi connectivity index (χ2n) is 21.9. The van der Waals surface area contributed by atoms with Crippen LogP contribution in [0, 0.1) is 40.9 Å². The van der Waals surface area contributed by atoms with Gasteiger partial charge in [-0.05, 0) is 114 Å². The van der Waals surface area contributed by atoms with E-state index in [0.29, 0.717) is 64.2 Å². The smallest absolute Gasteiger partial charge is 0.329 e. The van der Waals surface area contributed by atoms with Crippen molar-refractivity contribution in [1.29, 1.82) is 0 Å². The number of ketones is 3. The first-order chi connectivity index (χ1) is 34.5. The number of carbonyl (C=O) groups is 6. The van der Waals surface area contributed by atoms with E-state index in [1.54, 1.807) is 40.9 Å². The number of aliphatic hydroxyl groups excluding tert-OH is 3. The van der Waals surface area contributed by atoms with Crippen molar-refractivity contribution in [2.24, 2.45) is 40.9 Å². The van der Waals surface area contributed by atoms with Gasteiger partial charge in [-0.15, -0.1) is 0 Å². The summed E-state index contributed by atoms with van der Waals surface area (Å²) in [6.45, 7) is 12.7. The number of allylic oxidation sites excluding steroid dienone is 6. The average Bonchev–Trinajstić information content (AvgIpc) is 3.37. The molecule has 3 heterocycles. The summed E-state index contributed by atoms with van der Waals surface area (Å²) in [5.41, 5.74) is -0.363. The van der Waals surface area contributed by atoms with Crippen LogP contribution in [0.2, 0.25) is 0 Å². The predicted molar refractivity (Wildman–Crippen MR) is 271 cm³/mol. The third kappa shape index (κ3) is 16.0. The van der Waals surface area contributed by atoms with Crippen molar-refractivity contribution in [3.8, 4) is 0 Å². The molecule has 412 valence electrons. The van der Waals surface area contributed by atoms with Crippen molar-refractivity contribution in [3.05, 3.63) is 47.6 Å². The van der Waals surface area contributed by atoms with Gasteiger partial charge in [0.05, 0.1) is 37.6 Å². The summed E-state index contributed by atoms with van der Waals surface area (Å²) in [6, 6.07) is -1.20. The Morgan fingerprint density at radius 3 is 2.22 bits per heavy atom. The Bertz CT molecular complexity index is 2010. The Morgan fingerprint density at radius 2 is 1.58 bits per heavy atom. The number of fused-ring (bicyclic) bond motifs is 3. The molecular weight excluding hydrogens is 943 g/mol. The summed E-state index contributed by atoms with van der Waals surface area (Å²) < 4.78 is 35.4. The van der Waals surface area contributed by atoms with Crippen LogP contribution in [0.4, 0.5) is 0 Å². The number of piperidine rings is 1. The highest BCUT2D eigenvalue weighted by Gasteiger charge is 2.53. The number of ether oxygens (including phenoxy) is 6. The van der Waals surface area contributed by atoms with Crippen molar-refractivity contribution >= 4 is 35.2 Å². The van der Waals surface area contributed by atoms with Gasteiger partial charge in [0.1, 0.15) is 29.8 Å². The molecule has 0 aromatic carbocycles. The summed E-state index contributed by atoms with van der Waals surface area (Å²) in [7, 11) is 4.44. The first kappa shape index (κ1) is 61.6. The van der Waals surface area contributed by atoms with E-state index >= 15 is 0 Å². The molecule has 0 aromatic rings. The first-order valence-electron chi connectivity index (χ1n) is 26.4. The second kappa shape index (κ2) is 28.3. The second-order valence-corrected chi connectivity index (χ2v) is 21.9. The van der Waals surface area contributed by atoms with E-state index in [1.807, 2.05) is 51.2 Å².